The van der Waals surface area contributed by atoms with Gasteiger partial charge in [-0.15, -0.1) is 0 Å². The van der Waals surface area contributed by atoms with E-state index in [0.29, 0.717) is 6.54 Å². The van der Waals surface area contributed by atoms with Gasteiger partial charge in [0.05, 0.1) is 21.2 Å². The molecule has 0 aromatic heterocycles. The predicted octanol–water partition coefficient (Wildman–Crippen LogP) is 3.24. The summed E-state index contributed by atoms with van der Waals surface area (Å²) >= 11 is 5.91. The number of nitro groups is 1. The van der Waals surface area contributed by atoms with Crippen molar-refractivity contribution < 1.29 is 9.72 Å². The standard InChI is InChI=1S/C14H18ClN3O3/c1-2-3-6-17(9-4-5-9)14(19)11-7-10(18(20)21)8-12(15)13(11)16/h7-9H,2-6,16H2,1H3. The molecule has 114 valence electrons. The monoisotopic (exact) mass is 311 g/mol. The van der Waals surface area contributed by atoms with Crippen molar-refractivity contribution in [3.63, 3.8) is 0 Å². The van der Waals surface area contributed by atoms with E-state index in [9.17, 15) is 14.9 Å². The number of nitro benzene ring substituents is 1. The van der Waals surface area contributed by atoms with Crippen LogP contribution in [0.15, 0.2) is 12.1 Å². The summed E-state index contributed by atoms with van der Waals surface area (Å²) in [6, 6.07) is 2.60. The fourth-order valence-corrected chi connectivity index (χ4v) is 2.42. The van der Waals surface area contributed by atoms with Gasteiger partial charge in [-0.25, -0.2) is 0 Å². The molecule has 0 unspecified atom stereocenters. The quantitative estimate of drug-likeness (QED) is 0.496. The van der Waals surface area contributed by atoms with E-state index >= 15 is 0 Å². The third kappa shape index (κ3) is 3.44. The highest BCUT2D eigenvalue weighted by Crippen LogP contribution is 2.33. The van der Waals surface area contributed by atoms with Gasteiger partial charge < -0.3 is 10.6 Å². The van der Waals surface area contributed by atoms with Crippen LogP contribution in [0.5, 0.6) is 0 Å². The van der Waals surface area contributed by atoms with Gasteiger partial charge in [0.25, 0.3) is 11.6 Å². The average Bonchev–Trinajstić information content (AvgIpc) is 3.26. The second kappa shape index (κ2) is 6.30. The first-order valence-electron chi connectivity index (χ1n) is 7.00. The molecule has 0 aliphatic heterocycles. The lowest BCUT2D eigenvalue weighted by Gasteiger charge is -2.23. The number of nitrogens with two attached hydrogens (primary N) is 1. The maximum absolute atomic E-state index is 12.6. The molecule has 1 aliphatic carbocycles. The fourth-order valence-electron chi connectivity index (χ4n) is 2.21. The van der Waals surface area contributed by atoms with Gasteiger partial charge in [-0.05, 0) is 19.3 Å². The Labute approximate surface area is 128 Å². The lowest BCUT2D eigenvalue weighted by molar-refractivity contribution is -0.384. The predicted molar refractivity (Wildman–Crippen MR) is 81.5 cm³/mol. The lowest BCUT2D eigenvalue weighted by atomic mass is 10.1. The Kier molecular flexibility index (Phi) is 4.67. The van der Waals surface area contributed by atoms with E-state index in [-0.39, 0.29) is 33.9 Å². The Balaban J connectivity index is 2.34. The zero-order valence-electron chi connectivity index (χ0n) is 11.8. The molecular formula is C14H18ClN3O3. The molecule has 21 heavy (non-hydrogen) atoms. The molecule has 1 saturated carbocycles. The Hall–Kier alpha value is -1.82. The van der Waals surface area contributed by atoms with Gasteiger partial charge in [-0.2, -0.15) is 0 Å². The number of rotatable bonds is 6. The Morgan fingerprint density at radius 1 is 1.52 bits per heavy atom. The van der Waals surface area contributed by atoms with Crippen molar-refractivity contribution in [2.45, 2.75) is 38.6 Å². The first-order chi connectivity index (χ1) is 9.95. The van der Waals surface area contributed by atoms with Gasteiger partial charge in [0.1, 0.15) is 0 Å². The number of carbonyl (C=O) groups excluding carboxylic acids is 1. The highest BCUT2D eigenvalue weighted by atomic mass is 35.5. The molecule has 0 heterocycles. The molecule has 7 heteroatoms. The largest absolute Gasteiger partial charge is 0.397 e. The van der Waals surface area contributed by atoms with Crippen LogP contribution in [0.2, 0.25) is 5.02 Å². The molecule has 2 rings (SSSR count). The van der Waals surface area contributed by atoms with E-state index < -0.39 is 4.92 Å². The number of carbonyl (C=O) groups is 1. The van der Waals surface area contributed by atoms with E-state index in [1.165, 1.54) is 12.1 Å². The number of anilines is 1. The van der Waals surface area contributed by atoms with Crippen LogP contribution in [0.25, 0.3) is 0 Å². The maximum atomic E-state index is 12.6. The summed E-state index contributed by atoms with van der Waals surface area (Å²) in [5.41, 5.74) is 5.85. The molecule has 0 spiro atoms. The van der Waals surface area contributed by atoms with E-state index in [2.05, 4.69) is 0 Å². The van der Waals surface area contributed by atoms with Crippen molar-refractivity contribution in [3.8, 4) is 0 Å². The molecule has 0 atom stereocenters. The van der Waals surface area contributed by atoms with Crippen molar-refractivity contribution in [1.82, 2.24) is 4.90 Å². The van der Waals surface area contributed by atoms with Crippen molar-refractivity contribution in [3.05, 3.63) is 32.8 Å². The summed E-state index contributed by atoms with van der Waals surface area (Å²) in [7, 11) is 0. The van der Waals surface area contributed by atoms with Crippen LogP contribution in [-0.2, 0) is 0 Å². The molecule has 1 aromatic rings. The number of amides is 1. The molecular weight excluding hydrogens is 294 g/mol. The number of halogens is 1. The normalized spacial score (nSPS) is 14.0. The second-order valence-corrected chi connectivity index (χ2v) is 5.64. The van der Waals surface area contributed by atoms with Gasteiger partial charge >= 0.3 is 0 Å². The topological polar surface area (TPSA) is 89.5 Å². The Morgan fingerprint density at radius 3 is 2.71 bits per heavy atom. The molecule has 1 amide bonds. The van der Waals surface area contributed by atoms with Crippen molar-refractivity contribution in [2.75, 3.05) is 12.3 Å². The van der Waals surface area contributed by atoms with Gasteiger partial charge in [0.15, 0.2) is 0 Å². The van der Waals surface area contributed by atoms with Crippen LogP contribution >= 0.6 is 11.6 Å². The minimum atomic E-state index is -0.574. The lowest BCUT2D eigenvalue weighted by Crippen LogP contribution is -2.34. The molecule has 0 saturated heterocycles. The molecule has 0 radical (unpaired) electrons. The highest BCUT2D eigenvalue weighted by Gasteiger charge is 2.34. The van der Waals surface area contributed by atoms with Gasteiger partial charge in [-0.1, -0.05) is 24.9 Å². The number of hydrogen-bond acceptors (Lipinski definition) is 4. The molecule has 1 aliphatic rings. The van der Waals surface area contributed by atoms with Gasteiger partial charge in [-0.3, -0.25) is 14.9 Å². The van der Waals surface area contributed by atoms with Crippen molar-refractivity contribution in [2.24, 2.45) is 0 Å². The highest BCUT2D eigenvalue weighted by molar-refractivity contribution is 6.34. The first kappa shape index (κ1) is 15.6. The average molecular weight is 312 g/mol. The second-order valence-electron chi connectivity index (χ2n) is 5.23. The Bertz CT molecular complexity index is 573. The summed E-state index contributed by atoms with van der Waals surface area (Å²) < 4.78 is 0. The SMILES string of the molecule is CCCCN(C(=O)c1cc([N+](=O)[O-])cc(Cl)c1N)C1CC1. The zero-order valence-corrected chi connectivity index (χ0v) is 12.6. The third-order valence-electron chi connectivity index (χ3n) is 3.56. The molecule has 2 N–H and O–H groups in total. The third-order valence-corrected chi connectivity index (χ3v) is 3.87. The summed E-state index contributed by atoms with van der Waals surface area (Å²) in [4.78, 5) is 24.7. The van der Waals surface area contributed by atoms with E-state index in [1.54, 1.807) is 4.90 Å². The minimum Gasteiger partial charge on any atom is -0.397 e. The Morgan fingerprint density at radius 2 is 2.19 bits per heavy atom. The van der Waals surface area contributed by atoms with E-state index in [1.807, 2.05) is 6.92 Å². The number of non-ortho nitro benzene ring substituents is 1. The number of benzene rings is 1. The van der Waals surface area contributed by atoms with Crippen LogP contribution in [0.4, 0.5) is 11.4 Å². The van der Waals surface area contributed by atoms with E-state index in [4.69, 9.17) is 17.3 Å². The van der Waals surface area contributed by atoms with Crippen LogP contribution < -0.4 is 5.73 Å². The molecule has 0 bridgehead atoms. The number of hydrogen-bond donors (Lipinski definition) is 1. The molecule has 6 nitrogen and oxygen atoms in total. The molecule has 1 fully saturated rings. The van der Waals surface area contributed by atoms with Gasteiger partial charge in [0.2, 0.25) is 0 Å². The van der Waals surface area contributed by atoms with Crippen LogP contribution in [-0.4, -0.2) is 28.3 Å². The zero-order chi connectivity index (χ0) is 15.6. The summed E-state index contributed by atoms with van der Waals surface area (Å²) in [6.07, 6.45) is 3.81. The maximum Gasteiger partial charge on any atom is 0.271 e. The van der Waals surface area contributed by atoms with Crippen LogP contribution in [0, 0.1) is 10.1 Å². The van der Waals surface area contributed by atoms with Crippen molar-refractivity contribution in [1.29, 1.82) is 0 Å². The number of unbranched alkanes of at least 4 members (excludes halogenated alkanes) is 1. The fraction of sp³-hybridized carbons (Fsp3) is 0.500. The number of nitrogen functional groups attached to an aromatic ring is 1. The van der Waals surface area contributed by atoms with E-state index in [0.717, 1.165) is 25.7 Å². The molecule has 1 aromatic carbocycles. The minimum absolute atomic E-state index is 0.0405. The smallest absolute Gasteiger partial charge is 0.271 e. The van der Waals surface area contributed by atoms with Crippen LogP contribution in [0.1, 0.15) is 43.0 Å². The van der Waals surface area contributed by atoms with Crippen molar-refractivity contribution >= 4 is 28.9 Å². The summed E-state index contributed by atoms with van der Waals surface area (Å²) in [5.74, 6) is -0.269. The first-order valence-corrected chi connectivity index (χ1v) is 7.37. The summed E-state index contributed by atoms with van der Waals surface area (Å²) in [5, 5.41) is 10.9. The van der Waals surface area contributed by atoms with Gasteiger partial charge in [0, 0.05) is 24.7 Å². The van der Waals surface area contributed by atoms with Crippen LogP contribution in [0.3, 0.4) is 0 Å². The number of nitrogens with zero attached hydrogens (tertiary/aromatic N) is 2. The summed E-state index contributed by atoms with van der Waals surface area (Å²) in [6.45, 7) is 2.69.